The van der Waals surface area contributed by atoms with Crippen LogP contribution in [0.1, 0.15) is 40.0 Å². The van der Waals surface area contributed by atoms with Gasteiger partial charge in [-0.3, -0.25) is 0 Å². The molecule has 0 radical (unpaired) electrons. The maximum absolute atomic E-state index is 3.62. The van der Waals surface area contributed by atoms with Gasteiger partial charge in [0.15, 0.2) is 0 Å². The summed E-state index contributed by atoms with van der Waals surface area (Å²) in [6, 6.07) is 0.776. The number of nitrogens with one attached hydrogen (secondary N) is 1. The highest BCUT2D eigenvalue weighted by molar-refractivity contribution is 4.76. The molecule has 1 heterocycles. The Balaban J connectivity index is 2.13. The van der Waals surface area contributed by atoms with Crippen LogP contribution in [0.4, 0.5) is 0 Å². The normalized spacial score (nSPS) is 25.8. The van der Waals surface area contributed by atoms with Crippen LogP contribution in [-0.2, 0) is 0 Å². The van der Waals surface area contributed by atoms with Gasteiger partial charge in [0.25, 0.3) is 0 Å². The summed E-state index contributed by atoms with van der Waals surface area (Å²) in [6.07, 6.45) is 4.17. The lowest BCUT2D eigenvalue weighted by molar-refractivity contribution is 0.179. The number of nitrogens with zero attached hydrogens (tertiary/aromatic N) is 1. The summed E-state index contributed by atoms with van der Waals surface area (Å²) in [5.41, 5.74) is 0. The highest BCUT2D eigenvalue weighted by Crippen LogP contribution is 2.14. The smallest absolute Gasteiger partial charge is 0.0217 e. The van der Waals surface area contributed by atoms with E-state index in [-0.39, 0.29) is 0 Å². The lowest BCUT2D eigenvalue weighted by Crippen LogP contribution is -2.44. The summed E-state index contributed by atoms with van der Waals surface area (Å²) in [5, 5.41) is 3.62. The van der Waals surface area contributed by atoms with E-state index in [0.717, 1.165) is 17.9 Å². The van der Waals surface area contributed by atoms with E-state index in [1.165, 1.54) is 38.9 Å². The number of rotatable bonds is 5. The molecule has 90 valence electrons. The van der Waals surface area contributed by atoms with Crippen molar-refractivity contribution in [3.05, 3.63) is 0 Å². The van der Waals surface area contributed by atoms with Crippen molar-refractivity contribution in [3.8, 4) is 0 Å². The highest BCUT2D eigenvalue weighted by atomic mass is 15.2. The Bertz CT molecular complexity index is 168. The van der Waals surface area contributed by atoms with E-state index in [0.29, 0.717) is 0 Å². The number of hydrogen-bond acceptors (Lipinski definition) is 2. The van der Waals surface area contributed by atoms with Gasteiger partial charge in [-0.15, -0.1) is 0 Å². The average molecular weight is 212 g/mol. The minimum atomic E-state index is 0.776. The van der Waals surface area contributed by atoms with E-state index in [9.17, 15) is 0 Å². The fraction of sp³-hybridized carbons (Fsp3) is 1.00. The van der Waals surface area contributed by atoms with Gasteiger partial charge >= 0.3 is 0 Å². The number of likely N-dealkylation sites (N-methyl/N-ethyl adjacent to an activating group) is 1. The van der Waals surface area contributed by atoms with Crippen molar-refractivity contribution in [2.45, 2.75) is 46.1 Å². The minimum absolute atomic E-state index is 0.776. The number of piperidine rings is 1. The van der Waals surface area contributed by atoms with Crippen LogP contribution in [-0.4, -0.2) is 37.6 Å². The van der Waals surface area contributed by atoms with Crippen LogP contribution in [0.3, 0.4) is 0 Å². The first kappa shape index (κ1) is 13.0. The standard InChI is InChI=1S/C13H28N2/c1-11(2)12(3)9-14-10-13-7-5-6-8-15(13)4/h11-14H,5-10H2,1-4H3. The Hall–Kier alpha value is -0.0800. The second-order valence-corrected chi connectivity index (χ2v) is 5.51. The van der Waals surface area contributed by atoms with Crippen LogP contribution < -0.4 is 5.32 Å². The third-order valence-corrected chi connectivity index (χ3v) is 3.91. The number of hydrogen-bond donors (Lipinski definition) is 1. The van der Waals surface area contributed by atoms with Gasteiger partial charge in [0.1, 0.15) is 0 Å². The Morgan fingerprint density at radius 1 is 1.27 bits per heavy atom. The molecule has 0 aromatic heterocycles. The average Bonchev–Trinajstić information content (AvgIpc) is 2.20. The van der Waals surface area contributed by atoms with Gasteiger partial charge in [0.2, 0.25) is 0 Å². The molecular formula is C13H28N2. The minimum Gasteiger partial charge on any atom is -0.315 e. The Kier molecular flexibility index (Phi) is 5.62. The van der Waals surface area contributed by atoms with Crippen molar-refractivity contribution >= 4 is 0 Å². The second-order valence-electron chi connectivity index (χ2n) is 5.51. The van der Waals surface area contributed by atoms with E-state index in [1.807, 2.05) is 0 Å². The number of likely N-dealkylation sites (tertiary alicyclic amines) is 1. The summed E-state index contributed by atoms with van der Waals surface area (Å²) in [5.74, 6) is 1.58. The van der Waals surface area contributed by atoms with E-state index < -0.39 is 0 Å². The molecule has 0 saturated carbocycles. The molecule has 2 unspecified atom stereocenters. The van der Waals surface area contributed by atoms with Gasteiger partial charge in [-0.05, 0) is 44.8 Å². The zero-order valence-corrected chi connectivity index (χ0v) is 10.9. The second kappa shape index (κ2) is 6.49. The molecular weight excluding hydrogens is 184 g/mol. The maximum atomic E-state index is 3.62. The first-order valence-corrected chi connectivity index (χ1v) is 6.52. The molecule has 1 aliphatic heterocycles. The molecule has 0 aliphatic carbocycles. The van der Waals surface area contributed by atoms with Crippen LogP contribution in [0.25, 0.3) is 0 Å². The van der Waals surface area contributed by atoms with Gasteiger partial charge in [-0.25, -0.2) is 0 Å². The van der Waals surface area contributed by atoms with Crippen molar-refractivity contribution < 1.29 is 0 Å². The molecule has 2 nitrogen and oxygen atoms in total. The first-order chi connectivity index (χ1) is 7.11. The Labute approximate surface area is 95.4 Å². The summed E-state index contributed by atoms with van der Waals surface area (Å²) < 4.78 is 0. The van der Waals surface area contributed by atoms with Crippen molar-refractivity contribution in [3.63, 3.8) is 0 Å². The summed E-state index contributed by atoms with van der Waals surface area (Å²) in [4.78, 5) is 2.51. The fourth-order valence-electron chi connectivity index (χ4n) is 2.12. The predicted octanol–water partition coefficient (Wildman–Crippen LogP) is 2.35. The summed E-state index contributed by atoms with van der Waals surface area (Å²) in [6.45, 7) is 10.6. The molecule has 0 amide bonds. The first-order valence-electron chi connectivity index (χ1n) is 6.52. The monoisotopic (exact) mass is 212 g/mol. The van der Waals surface area contributed by atoms with Crippen LogP contribution in [0.2, 0.25) is 0 Å². The van der Waals surface area contributed by atoms with Crippen LogP contribution in [0, 0.1) is 11.8 Å². The van der Waals surface area contributed by atoms with Crippen molar-refractivity contribution in [2.75, 3.05) is 26.7 Å². The van der Waals surface area contributed by atoms with Crippen LogP contribution >= 0.6 is 0 Å². The molecule has 1 fully saturated rings. The van der Waals surface area contributed by atoms with Crippen molar-refractivity contribution in [1.29, 1.82) is 0 Å². The highest BCUT2D eigenvalue weighted by Gasteiger charge is 2.18. The molecule has 0 bridgehead atoms. The van der Waals surface area contributed by atoms with E-state index in [1.54, 1.807) is 0 Å². The molecule has 1 rings (SSSR count). The van der Waals surface area contributed by atoms with Gasteiger partial charge in [0, 0.05) is 12.6 Å². The molecule has 1 saturated heterocycles. The lowest BCUT2D eigenvalue weighted by atomic mass is 9.97. The molecule has 1 aliphatic rings. The van der Waals surface area contributed by atoms with Gasteiger partial charge in [0.05, 0.1) is 0 Å². The van der Waals surface area contributed by atoms with Gasteiger partial charge in [-0.2, -0.15) is 0 Å². The van der Waals surface area contributed by atoms with E-state index in [4.69, 9.17) is 0 Å². The SMILES string of the molecule is CC(C)C(C)CNCC1CCCCN1C. The maximum Gasteiger partial charge on any atom is 0.0217 e. The molecule has 0 aromatic carbocycles. The lowest BCUT2D eigenvalue weighted by Gasteiger charge is -2.33. The summed E-state index contributed by atoms with van der Waals surface area (Å²) in [7, 11) is 2.26. The van der Waals surface area contributed by atoms with Gasteiger partial charge < -0.3 is 10.2 Å². The zero-order chi connectivity index (χ0) is 11.3. The van der Waals surface area contributed by atoms with E-state index in [2.05, 4.69) is 38.0 Å². The topological polar surface area (TPSA) is 15.3 Å². The Morgan fingerprint density at radius 2 is 2.00 bits per heavy atom. The molecule has 1 N–H and O–H groups in total. The zero-order valence-electron chi connectivity index (χ0n) is 10.9. The van der Waals surface area contributed by atoms with Crippen molar-refractivity contribution in [1.82, 2.24) is 10.2 Å². The quantitative estimate of drug-likeness (QED) is 0.752. The molecule has 0 aromatic rings. The molecule has 15 heavy (non-hydrogen) atoms. The largest absolute Gasteiger partial charge is 0.315 e. The molecule has 0 spiro atoms. The van der Waals surface area contributed by atoms with Crippen molar-refractivity contribution in [2.24, 2.45) is 11.8 Å². The fourth-order valence-corrected chi connectivity index (χ4v) is 2.12. The summed E-state index contributed by atoms with van der Waals surface area (Å²) >= 11 is 0. The third kappa shape index (κ3) is 4.52. The van der Waals surface area contributed by atoms with E-state index >= 15 is 0 Å². The van der Waals surface area contributed by atoms with Crippen LogP contribution in [0.5, 0.6) is 0 Å². The Morgan fingerprint density at radius 3 is 2.60 bits per heavy atom. The molecule has 2 atom stereocenters. The van der Waals surface area contributed by atoms with Crippen LogP contribution in [0.15, 0.2) is 0 Å². The molecule has 2 heteroatoms. The predicted molar refractivity (Wildman–Crippen MR) is 67.1 cm³/mol. The van der Waals surface area contributed by atoms with Gasteiger partial charge in [-0.1, -0.05) is 27.2 Å². The third-order valence-electron chi connectivity index (χ3n) is 3.91.